The van der Waals surface area contributed by atoms with Gasteiger partial charge < -0.3 is 4.90 Å². The second-order valence-corrected chi connectivity index (χ2v) is 11.4. The molecule has 0 heterocycles. The molecular formula is C50H35N. The van der Waals surface area contributed by atoms with Gasteiger partial charge in [0.2, 0.25) is 0 Å². The van der Waals surface area contributed by atoms with Gasteiger partial charge in [-0.15, -0.1) is 0 Å². The van der Waals surface area contributed by atoms with Crippen molar-refractivity contribution in [2.75, 3.05) is 4.90 Å². The molecule has 0 amide bonds. The first-order valence-electron chi connectivity index (χ1n) is 26.3. The van der Waals surface area contributed by atoms with Crippen molar-refractivity contribution in [3.8, 4) is 44.5 Å². The molecule has 9 aromatic rings. The fourth-order valence-corrected chi connectivity index (χ4v) is 5.66. The Balaban J connectivity index is 1.36. The van der Waals surface area contributed by atoms with Crippen LogP contribution in [0.5, 0.6) is 0 Å². The lowest BCUT2D eigenvalue weighted by Gasteiger charge is -2.26. The van der Waals surface area contributed by atoms with E-state index in [1.54, 1.807) is 66.7 Å². The molecule has 0 unspecified atom stereocenters. The van der Waals surface area contributed by atoms with Crippen molar-refractivity contribution in [2.45, 2.75) is 0 Å². The molecule has 0 saturated heterocycles. The molecule has 1 heteroatoms. The molecule has 0 aliphatic rings. The maximum absolute atomic E-state index is 9.74. The van der Waals surface area contributed by atoms with Gasteiger partial charge in [-0.25, -0.2) is 0 Å². The molecule has 0 aromatic heterocycles. The van der Waals surface area contributed by atoms with E-state index in [1.165, 1.54) is 0 Å². The highest BCUT2D eigenvalue weighted by molar-refractivity contribution is 5.90. The van der Waals surface area contributed by atoms with Crippen LogP contribution in [0.3, 0.4) is 0 Å². The summed E-state index contributed by atoms with van der Waals surface area (Å²) in [6.45, 7) is 0. The van der Waals surface area contributed by atoms with E-state index in [2.05, 4.69) is 0 Å². The largest absolute Gasteiger partial charge is 0.310 e. The second-order valence-electron chi connectivity index (χ2n) is 11.4. The molecule has 240 valence electrons. The predicted molar refractivity (Wildman–Crippen MR) is 218 cm³/mol. The molecule has 1 nitrogen and oxygen atoms in total. The van der Waals surface area contributed by atoms with Crippen molar-refractivity contribution < 1.29 is 28.8 Å². The zero-order chi connectivity index (χ0) is 52.3. The van der Waals surface area contributed by atoms with Crippen molar-refractivity contribution in [3.63, 3.8) is 0 Å². The SMILES string of the molecule is [2H]c1c([2H])c([2H])c(-c2c([2H])c([2H])c(-c3c([2H])c([2H])c(N(c4c([2H])c([2H])c(-c5ccc6ccccc6c5)c([2H])c4[2H])c4c([2H])c([2H])c([2H])c(-c5ccc6ccccc6c5)c4[2H])c([2H])c3[2H])c([2H])c2[2H])c([2H])c1[2H]. The van der Waals surface area contributed by atoms with Crippen molar-refractivity contribution in [1.29, 1.82) is 0 Å². The van der Waals surface area contributed by atoms with Crippen LogP contribution in [-0.4, -0.2) is 0 Å². The smallest absolute Gasteiger partial charge is 0.0651 e. The average Bonchev–Trinajstić information content (AvgIpc) is 3.37. The first-order chi connectivity index (χ1) is 34.0. The van der Waals surface area contributed by atoms with E-state index in [4.69, 9.17) is 15.1 Å². The minimum atomic E-state index is -1.06. The van der Waals surface area contributed by atoms with E-state index >= 15 is 0 Å². The van der Waals surface area contributed by atoms with E-state index in [0.29, 0.717) is 15.7 Å². The Kier molecular flexibility index (Phi) is 4.03. The number of hydrogen-bond acceptors (Lipinski definition) is 1. The van der Waals surface area contributed by atoms with Gasteiger partial charge in [-0.2, -0.15) is 0 Å². The fraction of sp³-hybridized carbons (Fsp3) is 0. The average molecular weight is 671 g/mol. The third-order valence-corrected chi connectivity index (χ3v) is 8.21. The predicted octanol–water partition coefficient (Wildman–Crippen LogP) is 14.1. The molecular weight excluding hydrogens is 615 g/mol. The maximum Gasteiger partial charge on any atom is 0.0651 e. The quantitative estimate of drug-likeness (QED) is 0.163. The highest BCUT2D eigenvalue weighted by Crippen LogP contribution is 2.39. The van der Waals surface area contributed by atoms with Gasteiger partial charge >= 0.3 is 0 Å². The molecule has 0 radical (unpaired) electrons. The molecule has 0 aliphatic carbocycles. The summed E-state index contributed by atoms with van der Waals surface area (Å²) in [4.78, 5) is 0.665. The van der Waals surface area contributed by atoms with Crippen molar-refractivity contribution in [2.24, 2.45) is 0 Å². The van der Waals surface area contributed by atoms with Gasteiger partial charge in [-0.3, -0.25) is 0 Å². The topological polar surface area (TPSA) is 3.24 Å². The highest BCUT2D eigenvalue weighted by Gasteiger charge is 2.15. The fourth-order valence-electron chi connectivity index (χ4n) is 5.66. The Morgan fingerprint density at radius 1 is 0.294 bits per heavy atom. The van der Waals surface area contributed by atoms with Crippen LogP contribution >= 0.6 is 0 Å². The monoisotopic (exact) mass is 670 g/mol. The van der Waals surface area contributed by atoms with Gasteiger partial charge in [0.05, 0.1) is 28.8 Å². The van der Waals surface area contributed by atoms with Crippen LogP contribution in [0.2, 0.25) is 0 Å². The summed E-state index contributed by atoms with van der Waals surface area (Å²) < 4.78 is 190. The van der Waals surface area contributed by atoms with E-state index in [9.17, 15) is 13.7 Å². The third-order valence-electron chi connectivity index (χ3n) is 8.21. The number of nitrogens with zero attached hydrogens (tertiary/aromatic N) is 1. The minimum Gasteiger partial charge on any atom is -0.310 e. The highest BCUT2D eigenvalue weighted by atomic mass is 15.1. The lowest BCUT2D eigenvalue weighted by molar-refractivity contribution is 1.28. The summed E-state index contributed by atoms with van der Waals surface area (Å²) >= 11 is 0. The van der Waals surface area contributed by atoms with Crippen LogP contribution in [-0.2, 0) is 0 Å². The molecule has 0 aliphatic heterocycles. The van der Waals surface area contributed by atoms with E-state index in [-0.39, 0.29) is 22.3 Å². The maximum atomic E-state index is 9.74. The summed E-state index contributed by atoms with van der Waals surface area (Å²) in [5, 5.41) is 2.99. The van der Waals surface area contributed by atoms with Crippen LogP contribution in [0.25, 0.3) is 66.1 Å². The van der Waals surface area contributed by atoms with Crippen LogP contribution in [0, 0.1) is 0 Å². The van der Waals surface area contributed by atoms with Crippen LogP contribution in [0.1, 0.15) is 28.8 Å². The lowest BCUT2D eigenvalue weighted by Crippen LogP contribution is -2.10. The van der Waals surface area contributed by atoms with Gasteiger partial charge in [0.1, 0.15) is 0 Å². The minimum absolute atomic E-state index is 0.165. The summed E-state index contributed by atoms with van der Waals surface area (Å²) in [5.74, 6) is 0. The molecule has 0 fully saturated rings. The molecule has 0 N–H and O–H groups in total. The Bertz CT molecular complexity index is 3740. The third kappa shape index (κ3) is 6.18. The molecule has 0 atom stereocenters. The van der Waals surface area contributed by atoms with E-state index in [0.717, 1.165) is 10.8 Å². The van der Waals surface area contributed by atoms with Gasteiger partial charge in [0.25, 0.3) is 0 Å². The molecule has 0 bridgehead atoms. The Hall–Kier alpha value is -6.70. The normalized spacial score (nSPS) is 16.9. The van der Waals surface area contributed by atoms with Gasteiger partial charge in [0, 0.05) is 17.1 Å². The standard InChI is InChI=1S/C50H35N/c1-2-9-36(10-3-1)39-17-19-40(20-18-39)41-25-29-48(30-26-41)51(49-31-27-42(28-32-49)46-23-21-37-11-4-6-13-43(37)33-46)50-16-8-15-45(35-50)47-24-22-38-12-5-7-14-44(38)34-47/h1-35H/i1D,2D,3D,8D,9D,10D,15D,16D,17D,18D,19D,20D,25D,26D,27D,28D,29D,30D,31D,32D,35D. The Morgan fingerprint density at radius 3 is 1.24 bits per heavy atom. The molecule has 0 spiro atoms. The second kappa shape index (κ2) is 13.3. The molecule has 9 aromatic carbocycles. The van der Waals surface area contributed by atoms with Crippen molar-refractivity contribution in [3.05, 3.63) is 212 Å². The van der Waals surface area contributed by atoms with Crippen molar-refractivity contribution in [1.82, 2.24) is 0 Å². The van der Waals surface area contributed by atoms with Crippen LogP contribution in [0.4, 0.5) is 17.1 Å². The number of fused-ring (bicyclic) bond motifs is 2. The molecule has 51 heavy (non-hydrogen) atoms. The summed E-state index contributed by atoms with van der Waals surface area (Å²) in [7, 11) is 0. The number of benzene rings is 9. The zero-order valence-electron chi connectivity index (χ0n) is 47.5. The van der Waals surface area contributed by atoms with E-state index < -0.39 is 166 Å². The Labute approximate surface area is 328 Å². The summed E-state index contributed by atoms with van der Waals surface area (Å²) in [6.07, 6.45) is 0. The number of hydrogen-bond donors (Lipinski definition) is 0. The first kappa shape index (κ1) is 15.5. The van der Waals surface area contributed by atoms with Gasteiger partial charge in [-0.05, 0) is 114 Å². The zero-order valence-corrected chi connectivity index (χ0v) is 26.5. The van der Waals surface area contributed by atoms with E-state index in [1.807, 2.05) is 18.2 Å². The van der Waals surface area contributed by atoms with Gasteiger partial charge in [0.15, 0.2) is 0 Å². The van der Waals surface area contributed by atoms with Crippen LogP contribution < -0.4 is 4.90 Å². The van der Waals surface area contributed by atoms with Crippen molar-refractivity contribution >= 4 is 38.6 Å². The van der Waals surface area contributed by atoms with Gasteiger partial charge in [-0.1, -0.05) is 163 Å². The Morgan fingerprint density at radius 2 is 0.706 bits per heavy atom. The lowest BCUT2D eigenvalue weighted by atomic mass is 9.99. The number of rotatable bonds is 7. The molecule has 0 saturated carbocycles. The number of anilines is 3. The first-order valence-corrected chi connectivity index (χ1v) is 15.8. The summed E-state index contributed by atoms with van der Waals surface area (Å²) in [6, 6.07) is 6.35. The van der Waals surface area contributed by atoms with Crippen LogP contribution in [0.15, 0.2) is 212 Å². The summed E-state index contributed by atoms with van der Waals surface area (Å²) in [5.41, 5.74) is -5.21. The molecule has 9 rings (SSSR count).